The molecule has 0 fully saturated rings. The second-order valence-corrected chi connectivity index (χ2v) is 9.19. The van der Waals surface area contributed by atoms with Crippen molar-refractivity contribution in [2.75, 3.05) is 25.0 Å². The van der Waals surface area contributed by atoms with Crippen LogP contribution in [0.2, 0.25) is 0 Å². The van der Waals surface area contributed by atoms with Gasteiger partial charge in [0.2, 0.25) is 5.91 Å². The first-order chi connectivity index (χ1) is 18.9. The Morgan fingerprint density at radius 2 is 1.49 bits per heavy atom. The molecule has 1 unspecified atom stereocenters. The van der Waals surface area contributed by atoms with E-state index in [9.17, 15) is 14.4 Å². The average Bonchev–Trinajstić information content (AvgIpc) is 2.96. The lowest BCUT2D eigenvalue weighted by atomic mass is 10.1. The van der Waals surface area contributed by atoms with Crippen molar-refractivity contribution in [1.29, 1.82) is 0 Å². The number of hydrogen-bond acceptors (Lipinski definition) is 5. The fourth-order valence-electron chi connectivity index (χ4n) is 3.96. The van der Waals surface area contributed by atoms with Crippen LogP contribution in [-0.2, 0) is 16.0 Å². The molecule has 0 aromatic heterocycles. The number of aryl methyl sites for hydroxylation is 1. The van der Waals surface area contributed by atoms with Crippen molar-refractivity contribution in [3.63, 3.8) is 0 Å². The quantitative estimate of drug-likeness (QED) is 0.210. The van der Waals surface area contributed by atoms with Gasteiger partial charge in [-0.2, -0.15) is 0 Å². The van der Waals surface area contributed by atoms with Crippen LogP contribution < -0.4 is 15.5 Å². The number of carbonyl (C=O) groups is 3. The van der Waals surface area contributed by atoms with Crippen LogP contribution in [0, 0.1) is 0 Å². The smallest absolute Gasteiger partial charge is 0.322 e. The van der Waals surface area contributed by atoms with Crippen molar-refractivity contribution >= 4 is 23.5 Å². The van der Waals surface area contributed by atoms with Gasteiger partial charge in [-0.25, -0.2) is 10.3 Å². The maximum atomic E-state index is 13.3. The largest absolute Gasteiger partial charge is 0.457 e. The molecule has 9 heteroatoms. The Morgan fingerprint density at radius 1 is 0.872 bits per heavy atom. The Labute approximate surface area is 229 Å². The summed E-state index contributed by atoms with van der Waals surface area (Å²) in [6.45, 7) is 3.55. The Balaban J connectivity index is 1.69. The Kier molecular flexibility index (Phi) is 11.3. The fourth-order valence-corrected chi connectivity index (χ4v) is 3.96. The summed E-state index contributed by atoms with van der Waals surface area (Å²) in [5, 5.41) is 11.8. The first-order valence-electron chi connectivity index (χ1n) is 13.0. The van der Waals surface area contributed by atoms with E-state index < -0.39 is 11.9 Å². The van der Waals surface area contributed by atoms with Gasteiger partial charge in [0.05, 0.1) is 0 Å². The SMILES string of the molecule is CCC(C)N(CC(=O)NO)C(=O)CN(CCCc1ccccc1)C(=O)Nc1ccc(Oc2ccccc2)cc1. The molecule has 3 N–H and O–H groups in total. The number of nitrogens with zero attached hydrogens (tertiary/aromatic N) is 2. The molecular weight excluding hydrogens is 496 g/mol. The summed E-state index contributed by atoms with van der Waals surface area (Å²) in [5.74, 6) is 0.259. The molecule has 4 amide bonds. The molecule has 0 aliphatic carbocycles. The zero-order valence-corrected chi connectivity index (χ0v) is 22.4. The standard InChI is InChI=1S/C30H36N4O5/c1-3-23(2)34(21-28(35)32-38)29(36)22-33(20-10-13-24-11-6-4-7-12-24)30(37)31-25-16-18-27(19-17-25)39-26-14-8-5-9-15-26/h4-9,11-12,14-19,23,38H,3,10,13,20-22H2,1-2H3,(H,31,37)(H,32,35). The number of benzene rings is 3. The second kappa shape index (κ2) is 15.1. The summed E-state index contributed by atoms with van der Waals surface area (Å²) in [7, 11) is 0. The van der Waals surface area contributed by atoms with E-state index in [1.54, 1.807) is 29.7 Å². The number of rotatable bonds is 13. The molecule has 0 spiro atoms. The first-order valence-corrected chi connectivity index (χ1v) is 13.0. The molecule has 0 aliphatic heterocycles. The zero-order valence-electron chi connectivity index (χ0n) is 22.4. The number of amides is 4. The van der Waals surface area contributed by atoms with Gasteiger partial charge in [-0.15, -0.1) is 0 Å². The van der Waals surface area contributed by atoms with Crippen molar-refractivity contribution in [3.05, 3.63) is 90.5 Å². The third-order valence-electron chi connectivity index (χ3n) is 6.32. The van der Waals surface area contributed by atoms with Crippen LogP contribution in [0.5, 0.6) is 11.5 Å². The molecule has 1 atom stereocenters. The minimum atomic E-state index is -0.693. The summed E-state index contributed by atoms with van der Waals surface area (Å²) in [4.78, 5) is 41.2. The number of nitrogens with one attached hydrogen (secondary N) is 2. The Bertz CT molecular complexity index is 1190. The van der Waals surface area contributed by atoms with E-state index in [1.807, 2.05) is 74.5 Å². The molecular formula is C30H36N4O5. The lowest BCUT2D eigenvalue weighted by molar-refractivity contribution is -0.141. The van der Waals surface area contributed by atoms with Crippen molar-refractivity contribution in [2.45, 2.75) is 39.2 Å². The highest BCUT2D eigenvalue weighted by molar-refractivity contribution is 5.93. The molecule has 0 saturated heterocycles. The predicted molar refractivity (Wildman–Crippen MR) is 150 cm³/mol. The van der Waals surface area contributed by atoms with E-state index in [1.165, 1.54) is 9.80 Å². The van der Waals surface area contributed by atoms with Gasteiger partial charge in [-0.3, -0.25) is 14.8 Å². The number of urea groups is 1. The van der Waals surface area contributed by atoms with E-state index in [0.29, 0.717) is 36.6 Å². The van der Waals surface area contributed by atoms with E-state index in [2.05, 4.69) is 5.32 Å². The number of para-hydroxylation sites is 1. The van der Waals surface area contributed by atoms with Crippen molar-refractivity contribution in [2.24, 2.45) is 0 Å². The van der Waals surface area contributed by atoms with E-state index in [4.69, 9.17) is 9.94 Å². The first kappa shape index (κ1) is 29.2. The number of hydroxylamine groups is 1. The molecule has 3 aromatic rings. The number of anilines is 1. The van der Waals surface area contributed by atoms with Gasteiger partial charge in [0.25, 0.3) is 5.91 Å². The number of hydrogen-bond donors (Lipinski definition) is 3. The van der Waals surface area contributed by atoms with E-state index in [0.717, 1.165) is 12.0 Å². The summed E-state index contributed by atoms with van der Waals surface area (Å²) in [5.41, 5.74) is 3.27. The summed E-state index contributed by atoms with van der Waals surface area (Å²) in [6.07, 6.45) is 2.00. The van der Waals surface area contributed by atoms with Crippen LogP contribution >= 0.6 is 0 Å². The average molecular weight is 533 g/mol. The van der Waals surface area contributed by atoms with Gasteiger partial charge >= 0.3 is 6.03 Å². The van der Waals surface area contributed by atoms with Crippen molar-refractivity contribution in [1.82, 2.24) is 15.3 Å². The minimum absolute atomic E-state index is 0.209. The summed E-state index contributed by atoms with van der Waals surface area (Å²) < 4.78 is 5.81. The number of ether oxygens (including phenoxy) is 1. The summed E-state index contributed by atoms with van der Waals surface area (Å²) in [6, 6.07) is 25.6. The van der Waals surface area contributed by atoms with Gasteiger partial charge in [-0.1, -0.05) is 55.5 Å². The molecule has 3 aromatic carbocycles. The molecule has 0 bridgehead atoms. The maximum Gasteiger partial charge on any atom is 0.322 e. The topological polar surface area (TPSA) is 111 Å². The second-order valence-electron chi connectivity index (χ2n) is 9.19. The highest BCUT2D eigenvalue weighted by atomic mass is 16.5. The highest BCUT2D eigenvalue weighted by Gasteiger charge is 2.25. The molecule has 0 radical (unpaired) electrons. The van der Waals surface area contributed by atoms with Crippen LogP contribution in [0.15, 0.2) is 84.9 Å². The lowest BCUT2D eigenvalue weighted by Crippen LogP contribution is -2.50. The number of carbonyl (C=O) groups excluding carboxylic acids is 3. The molecule has 0 aliphatic rings. The maximum absolute atomic E-state index is 13.3. The predicted octanol–water partition coefficient (Wildman–Crippen LogP) is 5.08. The van der Waals surface area contributed by atoms with Gasteiger partial charge in [0, 0.05) is 18.3 Å². The van der Waals surface area contributed by atoms with Gasteiger partial charge in [-0.05, 0) is 68.1 Å². The highest BCUT2D eigenvalue weighted by Crippen LogP contribution is 2.23. The van der Waals surface area contributed by atoms with E-state index >= 15 is 0 Å². The van der Waals surface area contributed by atoms with Crippen molar-refractivity contribution in [3.8, 4) is 11.5 Å². The minimum Gasteiger partial charge on any atom is -0.457 e. The van der Waals surface area contributed by atoms with E-state index in [-0.39, 0.29) is 25.0 Å². The summed E-state index contributed by atoms with van der Waals surface area (Å²) >= 11 is 0. The molecule has 0 saturated carbocycles. The molecule has 206 valence electrons. The fraction of sp³-hybridized carbons (Fsp3) is 0.300. The van der Waals surface area contributed by atoms with Crippen LogP contribution in [0.1, 0.15) is 32.3 Å². The van der Waals surface area contributed by atoms with Crippen LogP contribution in [0.3, 0.4) is 0 Å². The van der Waals surface area contributed by atoms with Crippen molar-refractivity contribution < 1.29 is 24.3 Å². The Hall–Kier alpha value is -4.37. The normalized spacial score (nSPS) is 11.3. The molecule has 9 nitrogen and oxygen atoms in total. The van der Waals surface area contributed by atoms with Crippen LogP contribution in [0.4, 0.5) is 10.5 Å². The van der Waals surface area contributed by atoms with Crippen LogP contribution in [0.25, 0.3) is 0 Å². The third kappa shape index (κ3) is 9.46. The molecule has 3 rings (SSSR count). The van der Waals surface area contributed by atoms with Gasteiger partial charge in [0.15, 0.2) is 0 Å². The monoisotopic (exact) mass is 532 g/mol. The van der Waals surface area contributed by atoms with Gasteiger partial charge < -0.3 is 19.9 Å². The lowest BCUT2D eigenvalue weighted by Gasteiger charge is -2.31. The zero-order chi connectivity index (χ0) is 28.0. The molecule has 39 heavy (non-hydrogen) atoms. The van der Waals surface area contributed by atoms with Gasteiger partial charge in [0.1, 0.15) is 24.6 Å². The van der Waals surface area contributed by atoms with Crippen LogP contribution in [-0.4, -0.2) is 58.5 Å². The Morgan fingerprint density at radius 3 is 2.10 bits per heavy atom. The molecule has 0 heterocycles. The third-order valence-corrected chi connectivity index (χ3v) is 6.32.